The van der Waals surface area contributed by atoms with E-state index < -0.39 is 9.84 Å². The van der Waals surface area contributed by atoms with Crippen molar-refractivity contribution in [2.75, 3.05) is 24.6 Å². The molecule has 0 spiro atoms. The topological polar surface area (TPSA) is 54.5 Å². The van der Waals surface area contributed by atoms with Gasteiger partial charge in [0.2, 0.25) is 5.91 Å². The molecule has 114 valence electrons. The van der Waals surface area contributed by atoms with Crippen LogP contribution >= 0.6 is 0 Å². The summed E-state index contributed by atoms with van der Waals surface area (Å²) in [6, 6.07) is 0. The molecule has 0 aromatic carbocycles. The summed E-state index contributed by atoms with van der Waals surface area (Å²) in [4.78, 5) is 14.2. The summed E-state index contributed by atoms with van der Waals surface area (Å²) >= 11 is 0. The molecule has 2 heterocycles. The van der Waals surface area contributed by atoms with Gasteiger partial charge >= 0.3 is 0 Å². The fraction of sp³-hybridized carbons (Fsp3) is 0.933. The van der Waals surface area contributed by atoms with E-state index in [9.17, 15) is 13.2 Å². The van der Waals surface area contributed by atoms with Gasteiger partial charge in [-0.3, -0.25) is 4.79 Å². The second kappa shape index (κ2) is 5.66. The van der Waals surface area contributed by atoms with Crippen LogP contribution in [0.2, 0.25) is 0 Å². The average molecular weight is 299 g/mol. The predicted octanol–water partition coefficient (Wildman–Crippen LogP) is 1.85. The maximum Gasteiger partial charge on any atom is 0.222 e. The Balaban J connectivity index is 1.46. The van der Waals surface area contributed by atoms with Crippen molar-refractivity contribution < 1.29 is 13.2 Å². The van der Waals surface area contributed by atoms with Crippen molar-refractivity contribution in [3.8, 4) is 0 Å². The number of hydrogen-bond acceptors (Lipinski definition) is 3. The molecule has 0 aromatic rings. The summed E-state index contributed by atoms with van der Waals surface area (Å²) in [5.74, 6) is 2.44. The van der Waals surface area contributed by atoms with Crippen LogP contribution in [-0.2, 0) is 14.6 Å². The van der Waals surface area contributed by atoms with Gasteiger partial charge in [0.25, 0.3) is 0 Å². The van der Waals surface area contributed by atoms with Gasteiger partial charge in [-0.15, -0.1) is 0 Å². The molecule has 1 saturated carbocycles. The minimum absolute atomic E-state index is 0.0817. The highest BCUT2D eigenvalue weighted by molar-refractivity contribution is 7.92. The Bertz CT molecular complexity index is 458. The molecule has 4 nitrogen and oxygen atoms in total. The van der Waals surface area contributed by atoms with E-state index in [0.29, 0.717) is 6.42 Å². The Morgan fingerprint density at radius 3 is 2.20 bits per heavy atom. The zero-order valence-electron chi connectivity index (χ0n) is 12.1. The van der Waals surface area contributed by atoms with Crippen LogP contribution in [0.15, 0.2) is 0 Å². The SMILES string of the molecule is O=C(CC1CS(=O)(=O)C1)N1CCCC(C2CCC2)CC1. The molecule has 20 heavy (non-hydrogen) atoms. The Kier molecular flexibility index (Phi) is 4.07. The van der Waals surface area contributed by atoms with Crippen LogP contribution < -0.4 is 0 Å². The minimum atomic E-state index is -2.80. The Morgan fingerprint density at radius 1 is 0.950 bits per heavy atom. The molecule has 1 unspecified atom stereocenters. The van der Waals surface area contributed by atoms with Gasteiger partial charge in [0.1, 0.15) is 0 Å². The van der Waals surface area contributed by atoms with E-state index in [4.69, 9.17) is 0 Å². The maximum absolute atomic E-state index is 12.3. The van der Waals surface area contributed by atoms with Crippen LogP contribution in [0.25, 0.3) is 0 Å². The fourth-order valence-electron chi connectivity index (χ4n) is 3.92. The Morgan fingerprint density at radius 2 is 1.60 bits per heavy atom. The van der Waals surface area contributed by atoms with Gasteiger partial charge < -0.3 is 4.90 Å². The molecule has 5 heteroatoms. The van der Waals surface area contributed by atoms with Crippen molar-refractivity contribution >= 4 is 15.7 Å². The fourth-order valence-corrected chi connectivity index (χ4v) is 5.49. The highest BCUT2D eigenvalue weighted by atomic mass is 32.2. The highest BCUT2D eigenvalue weighted by Gasteiger charge is 2.36. The number of rotatable bonds is 3. The van der Waals surface area contributed by atoms with E-state index in [2.05, 4.69) is 0 Å². The molecule has 0 aromatic heterocycles. The number of nitrogens with zero attached hydrogens (tertiary/aromatic N) is 1. The Hall–Kier alpha value is -0.580. The molecule has 2 saturated heterocycles. The third kappa shape index (κ3) is 3.18. The summed E-state index contributed by atoms with van der Waals surface area (Å²) in [5, 5.41) is 0. The molecule has 1 atom stereocenters. The monoisotopic (exact) mass is 299 g/mol. The molecule has 2 aliphatic heterocycles. The van der Waals surface area contributed by atoms with Crippen LogP contribution in [0.5, 0.6) is 0 Å². The van der Waals surface area contributed by atoms with Crippen molar-refractivity contribution in [2.45, 2.75) is 44.9 Å². The van der Waals surface area contributed by atoms with Gasteiger partial charge in [-0.05, 0) is 37.0 Å². The summed E-state index contributed by atoms with van der Waals surface area (Å²) in [5.41, 5.74) is 0. The molecule has 0 radical (unpaired) electrons. The lowest BCUT2D eigenvalue weighted by Crippen LogP contribution is -2.41. The summed E-state index contributed by atoms with van der Waals surface area (Å²) < 4.78 is 22.3. The maximum atomic E-state index is 12.3. The van der Waals surface area contributed by atoms with E-state index in [1.54, 1.807) is 0 Å². The highest BCUT2D eigenvalue weighted by Crippen LogP contribution is 2.38. The summed E-state index contributed by atoms with van der Waals surface area (Å²) in [7, 11) is -2.80. The molecule has 0 bridgehead atoms. The third-order valence-electron chi connectivity index (χ3n) is 5.38. The lowest BCUT2D eigenvalue weighted by Gasteiger charge is -2.33. The number of amides is 1. The number of likely N-dealkylation sites (tertiary alicyclic amines) is 1. The van der Waals surface area contributed by atoms with E-state index in [1.807, 2.05) is 4.90 Å². The standard InChI is InChI=1S/C15H25NO3S/c17-15(9-12-10-20(18,19)11-12)16-7-2-5-14(6-8-16)13-3-1-4-13/h12-14H,1-11H2. The smallest absolute Gasteiger partial charge is 0.222 e. The second-order valence-electron chi connectivity index (χ2n) is 6.91. The second-order valence-corrected chi connectivity index (χ2v) is 9.06. The normalized spacial score (nSPS) is 31.2. The van der Waals surface area contributed by atoms with Crippen molar-refractivity contribution in [3.63, 3.8) is 0 Å². The van der Waals surface area contributed by atoms with E-state index in [-0.39, 0.29) is 23.3 Å². The Labute approximate surface area is 121 Å². The zero-order chi connectivity index (χ0) is 14.2. The van der Waals surface area contributed by atoms with Gasteiger partial charge in [0, 0.05) is 19.5 Å². The molecule has 3 rings (SSSR count). The lowest BCUT2D eigenvalue weighted by molar-refractivity contribution is -0.132. The van der Waals surface area contributed by atoms with Crippen LogP contribution in [0.3, 0.4) is 0 Å². The van der Waals surface area contributed by atoms with E-state index >= 15 is 0 Å². The number of carbonyl (C=O) groups is 1. The molecular weight excluding hydrogens is 274 g/mol. The van der Waals surface area contributed by atoms with Crippen molar-refractivity contribution in [2.24, 2.45) is 17.8 Å². The summed E-state index contributed by atoms with van der Waals surface area (Å²) in [6.45, 7) is 1.76. The summed E-state index contributed by atoms with van der Waals surface area (Å²) in [6.07, 6.45) is 8.14. The van der Waals surface area contributed by atoms with Crippen molar-refractivity contribution in [3.05, 3.63) is 0 Å². The van der Waals surface area contributed by atoms with Gasteiger partial charge in [-0.2, -0.15) is 0 Å². The van der Waals surface area contributed by atoms with E-state index in [1.165, 1.54) is 25.7 Å². The first-order valence-electron chi connectivity index (χ1n) is 8.02. The minimum Gasteiger partial charge on any atom is -0.343 e. The largest absolute Gasteiger partial charge is 0.343 e. The number of hydrogen-bond donors (Lipinski definition) is 0. The van der Waals surface area contributed by atoms with E-state index in [0.717, 1.165) is 37.8 Å². The third-order valence-corrected chi connectivity index (χ3v) is 7.34. The molecule has 0 N–H and O–H groups in total. The molecule has 3 aliphatic rings. The molecule has 1 amide bonds. The van der Waals surface area contributed by atoms with Crippen LogP contribution in [-0.4, -0.2) is 43.8 Å². The molecule has 1 aliphatic carbocycles. The molecular formula is C15H25NO3S. The van der Waals surface area contributed by atoms with Gasteiger partial charge in [-0.1, -0.05) is 19.3 Å². The van der Waals surface area contributed by atoms with Gasteiger partial charge in [0.05, 0.1) is 11.5 Å². The number of carbonyl (C=O) groups excluding carboxylic acids is 1. The quantitative estimate of drug-likeness (QED) is 0.799. The predicted molar refractivity (Wildman–Crippen MR) is 78.0 cm³/mol. The first kappa shape index (κ1) is 14.4. The average Bonchev–Trinajstić information content (AvgIpc) is 2.50. The van der Waals surface area contributed by atoms with Crippen LogP contribution in [0.4, 0.5) is 0 Å². The van der Waals surface area contributed by atoms with Gasteiger partial charge in [-0.25, -0.2) is 8.42 Å². The van der Waals surface area contributed by atoms with Crippen molar-refractivity contribution in [1.29, 1.82) is 0 Å². The van der Waals surface area contributed by atoms with Crippen molar-refractivity contribution in [1.82, 2.24) is 4.90 Å². The van der Waals surface area contributed by atoms with Crippen LogP contribution in [0.1, 0.15) is 44.9 Å². The van der Waals surface area contributed by atoms with Crippen LogP contribution in [0, 0.1) is 17.8 Å². The number of sulfone groups is 1. The van der Waals surface area contributed by atoms with Gasteiger partial charge in [0.15, 0.2) is 9.84 Å². The first-order chi connectivity index (χ1) is 9.53. The zero-order valence-corrected chi connectivity index (χ0v) is 12.9. The molecule has 3 fully saturated rings. The lowest BCUT2D eigenvalue weighted by atomic mass is 9.73. The first-order valence-corrected chi connectivity index (χ1v) is 9.84.